The number of hydrogen-bond acceptors (Lipinski definition) is 8. The van der Waals surface area contributed by atoms with Gasteiger partial charge in [-0.05, 0) is 23.3 Å². The van der Waals surface area contributed by atoms with Crippen molar-refractivity contribution in [1.29, 1.82) is 0 Å². The Balaban J connectivity index is 1.80. The number of carbonyl (C=O) groups is 4. The lowest BCUT2D eigenvalue weighted by Crippen LogP contribution is -2.35. The summed E-state index contributed by atoms with van der Waals surface area (Å²) in [5, 5.41) is 2.95. The summed E-state index contributed by atoms with van der Waals surface area (Å²) in [4.78, 5) is 55.7. The Kier molecular flexibility index (Phi) is 9.30. The molecule has 0 heterocycles. The molecule has 0 aromatic heterocycles. The van der Waals surface area contributed by atoms with Gasteiger partial charge in [-0.2, -0.15) is 0 Å². The monoisotopic (exact) mass is 490 g/mol. The van der Waals surface area contributed by atoms with Gasteiger partial charge in [-0.15, -0.1) is 0 Å². The second kappa shape index (κ2) is 12.8. The molecule has 0 radical (unpaired) electrons. The fourth-order valence-corrected chi connectivity index (χ4v) is 3.43. The molecule has 1 atom stereocenters. The fourth-order valence-electron chi connectivity index (χ4n) is 3.43. The van der Waals surface area contributed by atoms with Crippen LogP contribution < -0.4 is 10.8 Å². The minimum Gasteiger partial charge on any atom is -0.468 e. The molecule has 0 aliphatic rings. The van der Waals surface area contributed by atoms with Crippen LogP contribution in [-0.2, 0) is 30.5 Å². The predicted octanol–water partition coefficient (Wildman–Crippen LogP) is 3.27. The number of nitrogens with one attached hydrogen (secondary N) is 2. The summed E-state index contributed by atoms with van der Waals surface area (Å²) in [5.41, 5.74) is 4.04. The molecule has 0 fully saturated rings. The zero-order valence-corrected chi connectivity index (χ0v) is 19.9. The van der Waals surface area contributed by atoms with Crippen molar-refractivity contribution in [2.75, 3.05) is 26.1 Å². The largest absolute Gasteiger partial charge is 0.468 e. The van der Waals surface area contributed by atoms with Crippen molar-refractivity contribution >= 4 is 29.3 Å². The fraction of sp³-hybridized carbons (Fsp3) is 0.185. The second-order valence-corrected chi connectivity index (χ2v) is 7.63. The Morgan fingerprint density at radius 3 is 2.14 bits per heavy atom. The third kappa shape index (κ3) is 6.77. The van der Waals surface area contributed by atoms with Crippen molar-refractivity contribution in [2.24, 2.45) is 0 Å². The average molecular weight is 491 g/mol. The first-order valence-electron chi connectivity index (χ1n) is 11.0. The van der Waals surface area contributed by atoms with Gasteiger partial charge < -0.3 is 14.8 Å². The first-order valence-corrected chi connectivity index (χ1v) is 11.0. The highest BCUT2D eigenvalue weighted by molar-refractivity contribution is 6.06. The number of hydrogen-bond donors (Lipinski definition) is 2. The topological polar surface area (TPSA) is 120 Å². The third-order valence-electron chi connectivity index (χ3n) is 5.27. The van der Waals surface area contributed by atoms with Crippen LogP contribution in [0.25, 0.3) is 0 Å². The molecule has 9 nitrogen and oxygen atoms in total. The maximum Gasteiger partial charge on any atom is 0.338 e. The molecule has 0 bridgehead atoms. The van der Waals surface area contributed by atoms with Gasteiger partial charge in [-0.3, -0.25) is 19.2 Å². The lowest BCUT2D eigenvalue weighted by Gasteiger charge is -2.18. The normalized spacial score (nSPS) is 11.2. The van der Waals surface area contributed by atoms with Crippen molar-refractivity contribution in [2.45, 2.75) is 12.5 Å². The summed E-state index contributed by atoms with van der Waals surface area (Å²) in [7, 11) is 2.32. The molecule has 3 aromatic rings. The molecule has 0 saturated heterocycles. The summed E-state index contributed by atoms with van der Waals surface area (Å²) in [6.07, 6.45) is 0. The quantitative estimate of drug-likeness (QED) is 0.182. The van der Waals surface area contributed by atoms with E-state index >= 15 is 0 Å². The summed E-state index contributed by atoms with van der Waals surface area (Å²) in [6.45, 7) is 0.0425. The van der Waals surface area contributed by atoms with E-state index in [0.717, 1.165) is 12.7 Å². The Morgan fingerprint density at radius 2 is 1.50 bits per heavy atom. The number of benzene rings is 3. The molecule has 1 amide bonds. The number of hydroxylamine groups is 1. The first kappa shape index (κ1) is 26.1. The minimum atomic E-state index is -1.50. The zero-order chi connectivity index (χ0) is 25.9. The molecule has 3 aromatic carbocycles. The Bertz CT molecular complexity index is 1210. The van der Waals surface area contributed by atoms with Crippen molar-refractivity contribution in [3.8, 4) is 0 Å². The van der Waals surface area contributed by atoms with Crippen LogP contribution in [0.4, 0.5) is 5.69 Å². The standard InChI is InChI=1S/C27H26N2O7/c1-34-26(32)22-15-20(28-16-23(30)19-11-7-4-8-12-19)13-14-21(22)24(27(33)35-2)25(31)29-36-17-18-9-5-3-6-10-18/h3-15,24,28H,16-17H2,1-2H3,(H,29,31). The lowest BCUT2D eigenvalue weighted by molar-refractivity contribution is -0.150. The Labute approximate surface area is 208 Å². The van der Waals surface area contributed by atoms with Gasteiger partial charge in [0.05, 0.1) is 32.9 Å². The molecule has 2 N–H and O–H groups in total. The molecule has 186 valence electrons. The predicted molar refractivity (Wildman–Crippen MR) is 131 cm³/mol. The molecular formula is C27H26N2O7. The van der Waals surface area contributed by atoms with Gasteiger partial charge in [-0.25, -0.2) is 10.3 Å². The summed E-state index contributed by atoms with van der Waals surface area (Å²) in [6, 6.07) is 22.2. The number of carbonyl (C=O) groups excluding carboxylic acids is 4. The van der Waals surface area contributed by atoms with Crippen LogP contribution in [0.5, 0.6) is 0 Å². The average Bonchev–Trinajstić information content (AvgIpc) is 2.92. The van der Waals surface area contributed by atoms with Gasteiger partial charge in [0.15, 0.2) is 11.7 Å². The van der Waals surface area contributed by atoms with Crippen LogP contribution in [0.15, 0.2) is 78.9 Å². The van der Waals surface area contributed by atoms with Crippen LogP contribution >= 0.6 is 0 Å². The summed E-state index contributed by atoms with van der Waals surface area (Å²) >= 11 is 0. The molecule has 0 aliphatic heterocycles. The Hall–Kier alpha value is -4.50. The van der Waals surface area contributed by atoms with E-state index in [1.54, 1.807) is 30.3 Å². The van der Waals surface area contributed by atoms with E-state index in [-0.39, 0.29) is 30.1 Å². The SMILES string of the molecule is COC(=O)c1cc(NCC(=O)c2ccccc2)ccc1C(C(=O)NOCc1ccccc1)C(=O)OC. The van der Waals surface area contributed by atoms with Gasteiger partial charge in [0.1, 0.15) is 0 Å². The molecule has 1 unspecified atom stereocenters. The number of esters is 2. The van der Waals surface area contributed by atoms with Gasteiger partial charge in [-0.1, -0.05) is 66.7 Å². The smallest absolute Gasteiger partial charge is 0.338 e. The van der Waals surface area contributed by atoms with E-state index in [9.17, 15) is 19.2 Å². The Morgan fingerprint density at radius 1 is 0.833 bits per heavy atom. The van der Waals surface area contributed by atoms with Crippen molar-refractivity contribution in [3.63, 3.8) is 0 Å². The molecule has 0 saturated carbocycles. The lowest BCUT2D eigenvalue weighted by atomic mass is 9.93. The highest BCUT2D eigenvalue weighted by atomic mass is 16.7. The number of ketones is 1. The van der Waals surface area contributed by atoms with Crippen LogP contribution in [0, 0.1) is 0 Å². The van der Waals surface area contributed by atoms with Crippen LogP contribution in [0.3, 0.4) is 0 Å². The first-order chi connectivity index (χ1) is 17.4. The number of anilines is 1. The van der Waals surface area contributed by atoms with E-state index in [1.807, 2.05) is 36.4 Å². The molecule has 3 rings (SSSR count). The third-order valence-corrected chi connectivity index (χ3v) is 5.27. The molecule has 9 heteroatoms. The van der Waals surface area contributed by atoms with Gasteiger partial charge in [0, 0.05) is 11.3 Å². The maximum absolute atomic E-state index is 12.9. The van der Waals surface area contributed by atoms with E-state index < -0.39 is 23.8 Å². The van der Waals surface area contributed by atoms with E-state index in [4.69, 9.17) is 14.3 Å². The molecule has 0 aliphatic carbocycles. The number of rotatable bonds is 11. The molecular weight excluding hydrogens is 464 g/mol. The van der Waals surface area contributed by atoms with Crippen LogP contribution in [0.1, 0.15) is 37.8 Å². The minimum absolute atomic E-state index is 0.0295. The van der Waals surface area contributed by atoms with Crippen LogP contribution in [0.2, 0.25) is 0 Å². The van der Waals surface area contributed by atoms with Gasteiger partial charge in [0.25, 0.3) is 5.91 Å². The van der Waals surface area contributed by atoms with Gasteiger partial charge in [0.2, 0.25) is 0 Å². The second-order valence-electron chi connectivity index (χ2n) is 7.63. The van der Waals surface area contributed by atoms with E-state index in [1.165, 1.54) is 19.2 Å². The van der Waals surface area contributed by atoms with E-state index in [0.29, 0.717) is 11.3 Å². The summed E-state index contributed by atoms with van der Waals surface area (Å²) < 4.78 is 9.67. The van der Waals surface area contributed by atoms with Crippen LogP contribution in [-0.4, -0.2) is 44.4 Å². The number of ether oxygens (including phenoxy) is 2. The maximum atomic E-state index is 12.9. The van der Waals surface area contributed by atoms with Crippen molar-refractivity contribution in [3.05, 3.63) is 101 Å². The highest BCUT2D eigenvalue weighted by Gasteiger charge is 2.34. The summed E-state index contributed by atoms with van der Waals surface area (Å²) in [5.74, 6) is -4.12. The molecule has 36 heavy (non-hydrogen) atoms. The van der Waals surface area contributed by atoms with E-state index in [2.05, 4.69) is 10.8 Å². The highest BCUT2D eigenvalue weighted by Crippen LogP contribution is 2.26. The number of amides is 1. The van der Waals surface area contributed by atoms with Crippen molar-refractivity contribution < 1.29 is 33.5 Å². The van der Waals surface area contributed by atoms with Crippen molar-refractivity contribution in [1.82, 2.24) is 5.48 Å². The van der Waals surface area contributed by atoms with Gasteiger partial charge >= 0.3 is 11.9 Å². The number of Topliss-reactive ketones (excluding diaryl/α,β-unsaturated/α-hetero) is 1. The number of methoxy groups -OCH3 is 2. The zero-order valence-electron chi connectivity index (χ0n) is 19.9. The molecule has 0 spiro atoms.